The molecule has 0 radical (unpaired) electrons. The van der Waals surface area contributed by atoms with Crippen molar-refractivity contribution in [3.05, 3.63) is 21.1 Å². The standard InChI is InChI=1S/C7H4Br2F2O2/c8-5-3(12)1-2-4(6(5)9)13-7(10)11/h1-2,7,12H. The first-order valence-corrected chi connectivity index (χ1v) is 4.72. The minimum atomic E-state index is -2.88. The number of phenolic OH excluding ortho intramolecular Hbond substituents is 1. The molecule has 0 saturated carbocycles. The second-order valence-electron chi connectivity index (χ2n) is 2.09. The highest BCUT2D eigenvalue weighted by molar-refractivity contribution is 9.13. The molecule has 0 unspecified atom stereocenters. The average Bonchev–Trinajstić information content (AvgIpc) is 2.06. The van der Waals surface area contributed by atoms with Crippen LogP contribution in [-0.4, -0.2) is 11.7 Å². The Balaban J connectivity index is 3.04. The molecule has 0 aliphatic heterocycles. The summed E-state index contributed by atoms with van der Waals surface area (Å²) in [6.07, 6.45) is 0. The van der Waals surface area contributed by atoms with Crippen LogP contribution in [0.3, 0.4) is 0 Å². The van der Waals surface area contributed by atoms with Crippen molar-refractivity contribution in [2.75, 3.05) is 0 Å². The fourth-order valence-corrected chi connectivity index (χ4v) is 1.46. The van der Waals surface area contributed by atoms with Crippen LogP contribution < -0.4 is 4.74 Å². The van der Waals surface area contributed by atoms with Crippen molar-refractivity contribution >= 4 is 31.9 Å². The van der Waals surface area contributed by atoms with Crippen LogP contribution in [-0.2, 0) is 0 Å². The van der Waals surface area contributed by atoms with Crippen molar-refractivity contribution in [2.45, 2.75) is 6.61 Å². The van der Waals surface area contributed by atoms with Crippen molar-refractivity contribution in [3.8, 4) is 11.5 Å². The Morgan fingerprint density at radius 1 is 1.23 bits per heavy atom. The molecule has 0 fully saturated rings. The van der Waals surface area contributed by atoms with Gasteiger partial charge in [-0.25, -0.2) is 0 Å². The van der Waals surface area contributed by atoms with Crippen molar-refractivity contribution in [1.82, 2.24) is 0 Å². The summed E-state index contributed by atoms with van der Waals surface area (Å²) in [6.45, 7) is -2.88. The lowest BCUT2D eigenvalue weighted by Gasteiger charge is -2.08. The molecule has 1 N–H and O–H groups in total. The van der Waals surface area contributed by atoms with Crippen LogP contribution in [0.1, 0.15) is 0 Å². The Hall–Kier alpha value is -0.360. The van der Waals surface area contributed by atoms with E-state index in [1.54, 1.807) is 0 Å². The summed E-state index contributed by atoms with van der Waals surface area (Å²) in [5.41, 5.74) is 0. The van der Waals surface area contributed by atoms with Crippen molar-refractivity contribution in [3.63, 3.8) is 0 Å². The Morgan fingerprint density at radius 3 is 2.38 bits per heavy atom. The molecule has 0 saturated heterocycles. The highest BCUT2D eigenvalue weighted by Gasteiger charge is 2.12. The molecule has 2 nitrogen and oxygen atoms in total. The minimum Gasteiger partial charge on any atom is -0.507 e. The molecular formula is C7H4Br2F2O2. The van der Waals surface area contributed by atoms with E-state index in [0.29, 0.717) is 0 Å². The van der Waals surface area contributed by atoms with Crippen LogP contribution in [0.2, 0.25) is 0 Å². The topological polar surface area (TPSA) is 29.5 Å². The Bertz CT molecular complexity index is 318. The van der Waals surface area contributed by atoms with Gasteiger partial charge in [0, 0.05) is 0 Å². The maximum atomic E-state index is 11.8. The van der Waals surface area contributed by atoms with E-state index in [1.165, 1.54) is 12.1 Å². The van der Waals surface area contributed by atoms with E-state index in [-0.39, 0.29) is 20.4 Å². The first-order valence-electron chi connectivity index (χ1n) is 3.14. The van der Waals surface area contributed by atoms with Gasteiger partial charge >= 0.3 is 6.61 Å². The maximum absolute atomic E-state index is 11.8. The summed E-state index contributed by atoms with van der Waals surface area (Å²) in [7, 11) is 0. The van der Waals surface area contributed by atoms with Crippen LogP contribution in [0.5, 0.6) is 11.5 Å². The third kappa shape index (κ3) is 2.54. The molecule has 0 aliphatic carbocycles. The van der Waals surface area contributed by atoms with E-state index in [9.17, 15) is 8.78 Å². The lowest BCUT2D eigenvalue weighted by atomic mass is 10.3. The molecule has 0 spiro atoms. The van der Waals surface area contributed by atoms with Crippen molar-refractivity contribution in [1.29, 1.82) is 0 Å². The number of hydrogen-bond donors (Lipinski definition) is 1. The molecule has 0 bridgehead atoms. The van der Waals surface area contributed by atoms with Crippen molar-refractivity contribution in [2.24, 2.45) is 0 Å². The second-order valence-corrected chi connectivity index (χ2v) is 3.68. The van der Waals surface area contributed by atoms with Gasteiger partial charge in [0.2, 0.25) is 0 Å². The molecule has 72 valence electrons. The predicted octanol–water partition coefficient (Wildman–Crippen LogP) is 3.52. The third-order valence-electron chi connectivity index (χ3n) is 1.24. The normalized spacial score (nSPS) is 10.5. The van der Waals surface area contributed by atoms with Crippen molar-refractivity contribution < 1.29 is 18.6 Å². The van der Waals surface area contributed by atoms with Crippen LogP contribution in [0, 0.1) is 0 Å². The monoisotopic (exact) mass is 316 g/mol. The van der Waals surface area contributed by atoms with Crippen LogP contribution >= 0.6 is 31.9 Å². The first kappa shape index (κ1) is 10.7. The number of ether oxygens (including phenoxy) is 1. The Kier molecular flexibility index (Phi) is 3.49. The zero-order chi connectivity index (χ0) is 10.0. The molecule has 0 aromatic heterocycles. The smallest absolute Gasteiger partial charge is 0.387 e. The number of rotatable bonds is 2. The van der Waals surface area contributed by atoms with Crippen LogP contribution in [0.15, 0.2) is 21.1 Å². The molecule has 0 heterocycles. The largest absolute Gasteiger partial charge is 0.507 e. The van der Waals surface area contributed by atoms with Gasteiger partial charge in [-0.2, -0.15) is 8.78 Å². The summed E-state index contributed by atoms with van der Waals surface area (Å²) in [4.78, 5) is 0. The fraction of sp³-hybridized carbons (Fsp3) is 0.143. The molecule has 6 heteroatoms. The van der Waals surface area contributed by atoms with Gasteiger partial charge in [0.05, 0.1) is 8.95 Å². The number of hydrogen-bond acceptors (Lipinski definition) is 2. The molecule has 1 aromatic carbocycles. The van der Waals surface area contributed by atoms with E-state index in [4.69, 9.17) is 5.11 Å². The second kappa shape index (κ2) is 4.23. The summed E-state index contributed by atoms with van der Waals surface area (Å²) < 4.78 is 28.3. The molecule has 1 rings (SSSR count). The predicted molar refractivity (Wildman–Crippen MR) is 50.1 cm³/mol. The highest BCUT2D eigenvalue weighted by atomic mass is 79.9. The van der Waals surface area contributed by atoms with Gasteiger partial charge < -0.3 is 9.84 Å². The van der Waals surface area contributed by atoms with E-state index in [1.807, 2.05) is 0 Å². The maximum Gasteiger partial charge on any atom is 0.387 e. The van der Waals surface area contributed by atoms with E-state index in [2.05, 4.69) is 36.6 Å². The molecule has 1 aromatic rings. The molecule has 0 amide bonds. The van der Waals surface area contributed by atoms with Gasteiger partial charge in [-0.3, -0.25) is 0 Å². The molecule has 13 heavy (non-hydrogen) atoms. The quantitative estimate of drug-likeness (QED) is 0.904. The number of aromatic hydroxyl groups is 1. The van der Waals surface area contributed by atoms with Crippen LogP contribution in [0.25, 0.3) is 0 Å². The number of benzene rings is 1. The van der Waals surface area contributed by atoms with E-state index < -0.39 is 6.61 Å². The Labute approximate surface area is 89.8 Å². The molecule has 0 aliphatic rings. The van der Waals surface area contributed by atoms with Gasteiger partial charge in [0.25, 0.3) is 0 Å². The summed E-state index contributed by atoms with van der Waals surface area (Å²) in [5, 5.41) is 9.14. The highest BCUT2D eigenvalue weighted by Crippen LogP contribution is 2.38. The fourth-order valence-electron chi connectivity index (χ4n) is 0.709. The van der Waals surface area contributed by atoms with E-state index in [0.717, 1.165) is 0 Å². The summed E-state index contributed by atoms with van der Waals surface area (Å²) in [6, 6.07) is 2.50. The number of halogens is 4. The number of phenols is 1. The zero-order valence-corrected chi connectivity index (χ0v) is 9.27. The summed E-state index contributed by atoms with van der Waals surface area (Å²) >= 11 is 5.99. The zero-order valence-electron chi connectivity index (χ0n) is 6.10. The van der Waals surface area contributed by atoms with Gasteiger partial charge in [-0.05, 0) is 44.0 Å². The molecule has 0 atom stereocenters. The average molecular weight is 318 g/mol. The van der Waals surface area contributed by atoms with Gasteiger partial charge in [-0.1, -0.05) is 0 Å². The summed E-state index contributed by atoms with van der Waals surface area (Å²) in [5.74, 6) is -0.0758. The SMILES string of the molecule is Oc1ccc(OC(F)F)c(Br)c1Br. The lowest BCUT2D eigenvalue weighted by Crippen LogP contribution is -2.02. The van der Waals surface area contributed by atoms with Crippen LogP contribution in [0.4, 0.5) is 8.78 Å². The van der Waals surface area contributed by atoms with Gasteiger partial charge in [-0.15, -0.1) is 0 Å². The third-order valence-corrected chi connectivity index (χ3v) is 3.36. The van der Waals surface area contributed by atoms with Gasteiger partial charge in [0.15, 0.2) is 0 Å². The lowest BCUT2D eigenvalue weighted by molar-refractivity contribution is -0.0504. The Morgan fingerprint density at radius 2 is 1.85 bits per heavy atom. The first-order chi connectivity index (χ1) is 6.02. The number of alkyl halides is 2. The molecular weight excluding hydrogens is 314 g/mol. The minimum absolute atomic E-state index is 0.0281. The van der Waals surface area contributed by atoms with E-state index >= 15 is 0 Å². The van der Waals surface area contributed by atoms with Gasteiger partial charge in [0.1, 0.15) is 11.5 Å².